The molecule has 1 saturated carbocycles. The zero-order valence-electron chi connectivity index (χ0n) is 9.32. The number of hydrogen-bond acceptors (Lipinski definition) is 3. The maximum Gasteiger partial charge on any atom is 0.303 e. The van der Waals surface area contributed by atoms with E-state index in [2.05, 4.69) is 10.4 Å². The monoisotopic (exact) mass is 239 g/mol. The summed E-state index contributed by atoms with van der Waals surface area (Å²) in [6.07, 6.45) is 6.97. The van der Waals surface area contributed by atoms with Gasteiger partial charge in [-0.3, -0.25) is 4.79 Å². The molecule has 0 atom stereocenters. The van der Waals surface area contributed by atoms with E-state index in [9.17, 15) is 4.79 Å². The van der Waals surface area contributed by atoms with Gasteiger partial charge in [-0.15, -0.1) is 11.3 Å². The molecule has 0 aromatic carbocycles. The van der Waals surface area contributed by atoms with Crippen molar-refractivity contribution in [2.45, 2.75) is 50.9 Å². The normalized spacial score (nSPS) is 16.8. The second kappa shape index (κ2) is 5.43. The number of aliphatic carboxylic acids is 1. The molecule has 1 fully saturated rings. The fourth-order valence-corrected chi connectivity index (χ4v) is 3.16. The van der Waals surface area contributed by atoms with Gasteiger partial charge in [-0.25, -0.2) is 4.98 Å². The third kappa shape index (κ3) is 3.04. The third-order valence-electron chi connectivity index (χ3n) is 3.12. The molecule has 0 amide bonds. The van der Waals surface area contributed by atoms with E-state index in [0.717, 1.165) is 11.4 Å². The summed E-state index contributed by atoms with van der Waals surface area (Å²) in [6.45, 7) is 0. The maximum atomic E-state index is 10.4. The lowest BCUT2D eigenvalue weighted by Crippen LogP contribution is -1.96. The van der Waals surface area contributed by atoms with Gasteiger partial charge >= 0.3 is 5.97 Å². The van der Waals surface area contributed by atoms with Gasteiger partial charge in [-0.1, -0.05) is 12.8 Å². The molecule has 1 aliphatic carbocycles. The van der Waals surface area contributed by atoms with Gasteiger partial charge in [-0.2, -0.15) is 0 Å². The van der Waals surface area contributed by atoms with Gasteiger partial charge < -0.3 is 5.11 Å². The number of nitrogens with zero attached hydrogens (tertiary/aromatic N) is 1. The second-order valence-corrected chi connectivity index (χ2v) is 5.34. The number of aryl methyl sites for hydroxylation is 1. The van der Waals surface area contributed by atoms with Crippen LogP contribution in [0.4, 0.5) is 0 Å². The van der Waals surface area contributed by atoms with Crippen molar-refractivity contribution < 1.29 is 9.90 Å². The van der Waals surface area contributed by atoms with Crippen LogP contribution in [-0.4, -0.2) is 16.1 Å². The summed E-state index contributed by atoms with van der Waals surface area (Å²) in [5.41, 5.74) is 1.24. The van der Waals surface area contributed by atoms with Gasteiger partial charge in [0.15, 0.2) is 0 Å². The Morgan fingerprint density at radius 1 is 1.50 bits per heavy atom. The SMILES string of the molecule is O=C(O)CCCc1nc(C2CCCC2)cs1. The zero-order chi connectivity index (χ0) is 11.4. The average molecular weight is 239 g/mol. The molecular weight excluding hydrogens is 222 g/mol. The molecule has 0 aliphatic heterocycles. The van der Waals surface area contributed by atoms with E-state index < -0.39 is 5.97 Å². The zero-order valence-corrected chi connectivity index (χ0v) is 10.1. The highest BCUT2D eigenvalue weighted by Crippen LogP contribution is 2.34. The minimum Gasteiger partial charge on any atom is -0.481 e. The van der Waals surface area contributed by atoms with E-state index in [1.807, 2.05) is 0 Å². The number of carboxylic acid groups (broad SMARTS) is 1. The Balaban J connectivity index is 1.84. The Morgan fingerprint density at radius 2 is 2.25 bits per heavy atom. The molecule has 0 bridgehead atoms. The van der Waals surface area contributed by atoms with Gasteiger partial charge in [0, 0.05) is 17.7 Å². The minimum atomic E-state index is -0.715. The molecular formula is C12H17NO2S. The van der Waals surface area contributed by atoms with E-state index >= 15 is 0 Å². The van der Waals surface area contributed by atoms with Gasteiger partial charge in [0.05, 0.1) is 10.7 Å². The van der Waals surface area contributed by atoms with Crippen molar-refractivity contribution in [3.63, 3.8) is 0 Å². The number of hydrogen-bond donors (Lipinski definition) is 1. The summed E-state index contributed by atoms with van der Waals surface area (Å²) in [7, 11) is 0. The van der Waals surface area contributed by atoms with Crippen LogP contribution in [0.3, 0.4) is 0 Å². The lowest BCUT2D eigenvalue weighted by molar-refractivity contribution is -0.137. The lowest BCUT2D eigenvalue weighted by atomic mass is 10.1. The average Bonchev–Trinajstić information content (AvgIpc) is 2.85. The Morgan fingerprint density at radius 3 is 2.94 bits per heavy atom. The summed E-state index contributed by atoms with van der Waals surface area (Å²) >= 11 is 1.68. The molecule has 0 unspecified atom stereocenters. The van der Waals surface area contributed by atoms with Gasteiger partial charge in [0.25, 0.3) is 0 Å². The molecule has 2 rings (SSSR count). The molecule has 1 heterocycles. The van der Waals surface area contributed by atoms with Crippen LogP contribution in [0.2, 0.25) is 0 Å². The molecule has 1 N–H and O–H groups in total. The molecule has 0 radical (unpaired) electrons. The first kappa shape index (κ1) is 11.6. The van der Waals surface area contributed by atoms with Crippen LogP contribution in [0.15, 0.2) is 5.38 Å². The van der Waals surface area contributed by atoms with Crippen molar-refractivity contribution in [3.05, 3.63) is 16.1 Å². The van der Waals surface area contributed by atoms with E-state index in [1.54, 1.807) is 11.3 Å². The predicted octanol–water partition coefficient (Wildman–Crippen LogP) is 3.21. The molecule has 1 aromatic heterocycles. The molecule has 4 heteroatoms. The van der Waals surface area contributed by atoms with Crippen molar-refractivity contribution in [1.82, 2.24) is 4.98 Å². The van der Waals surface area contributed by atoms with Crippen LogP contribution in [-0.2, 0) is 11.2 Å². The molecule has 1 aliphatic rings. The van der Waals surface area contributed by atoms with Crippen LogP contribution in [0, 0.1) is 0 Å². The van der Waals surface area contributed by atoms with Crippen molar-refractivity contribution in [1.29, 1.82) is 0 Å². The summed E-state index contributed by atoms with van der Waals surface area (Å²) < 4.78 is 0. The smallest absolute Gasteiger partial charge is 0.303 e. The Labute approximate surface area is 99.5 Å². The van der Waals surface area contributed by atoms with E-state index in [1.165, 1.54) is 31.4 Å². The maximum absolute atomic E-state index is 10.4. The highest BCUT2D eigenvalue weighted by molar-refractivity contribution is 7.09. The minimum absolute atomic E-state index is 0.248. The fraction of sp³-hybridized carbons (Fsp3) is 0.667. The fourth-order valence-electron chi connectivity index (χ4n) is 2.24. The second-order valence-electron chi connectivity index (χ2n) is 4.39. The summed E-state index contributed by atoms with van der Waals surface area (Å²) in [4.78, 5) is 15.0. The van der Waals surface area contributed by atoms with Gasteiger partial charge in [-0.05, 0) is 25.7 Å². The molecule has 0 spiro atoms. The quantitative estimate of drug-likeness (QED) is 0.858. The first-order chi connectivity index (χ1) is 7.75. The van der Waals surface area contributed by atoms with E-state index in [0.29, 0.717) is 12.3 Å². The van der Waals surface area contributed by atoms with Crippen LogP contribution < -0.4 is 0 Å². The van der Waals surface area contributed by atoms with E-state index in [4.69, 9.17) is 5.11 Å². The standard InChI is InChI=1S/C12H17NO2S/c14-12(15)7-3-6-11-13-10(8-16-11)9-4-1-2-5-9/h8-9H,1-7H2,(H,14,15). The summed E-state index contributed by atoms with van der Waals surface area (Å²) in [5, 5.41) is 11.8. The number of carboxylic acids is 1. The van der Waals surface area contributed by atoms with Crippen molar-refractivity contribution in [3.8, 4) is 0 Å². The molecule has 88 valence electrons. The van der Waals surface area contributed by atoms with Crippen LogP contribution >= 0.6 is 11.3 Å². The van der Waals surface area contributed by atoms with E-state index in [-0.39, 0.29) is 6.42 Å². The van der Waals surface area contributed by atoms with Crippen LogP contribution in [0.1, 0.15) is 55.1 Å². The van der Waals surface area contributed by atoms with Gasteiger partial charge in [0.2, 0.25) is 0 Å². The Bertz CT molecular complexity index is 356. The summed E-state index contributed by atoms with van der Waals surface area (Å²) in [6, 6.07) is 0. The highest BCUT2D eigenvalue weighted by atomic mass is 32.1. The highest BCUT2D eigenvalue weighted by Gasteiger charge is 2.19. The molecule has 16 heavy (non-hydrogen) atoms. The van der Waals surface area contributed by atoms with Gasteiger partial charge in [0.1, 0.15) is 0 Å². The molecule has 0 saturated heterocycles. The molecule has 1 aromatic rings. The van der Waals surface area contributed by atoms with Crippen LogP contribution in [0.25, 0.3) is 0 Å². The molecule has 3 nitrogen and oxygen atoms in total. The van der Waals surface area contributed by atoms with Crippen molar-refractivity contribution >= 4 is 17.3 Å². The number of rotatable bonds is 5. The predicted molar refractivity (Wildman–Crippen MR) is 63.9 cm³/mol. The van der Waals surface area contributed by atoms with Crippen molar-refractivity contribution in [2.75, 3.05) is 0 Å². The summed E-state index contributed by atoms with van der Waals surface area (Å²) in [5.74, 6) is -0.0444. The number of thiazole rings is 1. The Kier molecular flexibility index (Phi) is 3.93. The van der Waals surface area contributed by atoms with Crippen LogP contribution in [0.5, 0.6) is 0 Å². The largest absolute Gasteiger partial charge is 0.481 e. The topological polar surface area (TPSA) is 50.2 Å². The first-order valence-corrected chi connectivity index (χ1v) is 6.80. The number of aromatic nitrogens is 1. The number of carbonyl (C=O) groups is 1. The van der Waals surface area contributed by atoms with Crippen molar-refractivity contribution in [2.24, 2.45) is 0 Å². The lowest BCUT2D eigenvalue weighted by Gasteiger charge is -2.03. The first-order valence-electron chi connectivity index (χ1n) is 5.92. The Hall–Kier alpha value is -0.900. The third-order valence-corrected chi connectivity index (χ3v) is 4.05.